The van der Waals surface area contributed by atoms with Gasteiger partial charge in [-0.2, -0.15) is 4.98 Å². The predicted molar refractivity (Wildman–Crippen MR) is 118 cm³/mol. The quantitative estimate of drug-likeness (QED) is 0.449. The summed E-state index contributed by atoms with van der Waals surface area (Å²) in [4.78, 5) is 41.2. The van der Waals surface area contributed by atoms with Gasteiger partial charge in [0.05, 0.1) is 0 Å². The van der Waals surface area contributed by atoms with Crippen molar-refractivity contribution in [3.05, 3.63) is 38.8 Å². The highest BCUT2D eigenvalue weighted by Crippen LogP contribution is 2.26. The van der Waals surface area contributed by atoms with Crippen LogP contribution < -0.4 is 16.1 Å². The second kappa shape index (κ2) is 8.25. The maximum Gasteiger partial charge on any atom is 0.332 e. The van der Waals surface area contributed by atoms with E-state index in [0.717, 1.165) is 35.7 Å². The summed E-state index contributed by atoms with van der Waals surface area (Å²) in [5.41, 5.74) is 1.16. The van der Waals surface area contributed by atoms with Crippen LogP contribution in [0.2, 0.25) is 0 Å². The van der Waals surface area contributed by atoms with E-state index in [4.69, 9.17) is 4.98 Å². The highest BCUT2D eigenvalue weighted by atomic mass is 32.2. The first-order chi connectivity index (χ1) is 14.4. The first kappa shape index (κ1) is 20.6. The van der Waals surface area contributed by atoms with Crippen molar-refractivity contribution in [2.24, 2.45) is 20.0 Å². The maximum absolute atomic E-state index is 13.0. The van der Waals surface area contributed by atoms with Crippen LogP contribution in [0.1, 0.15) is 25.5 Å². The van der Waals surface area contributed by atoms with Crippen LogP contribution in [0, 0.1) is 12.8 Å². The summed E-state index contributed by atoms with van der Waals surface area (Å²) in [5, 5.41) is 0.716. The molecule has 4 heterocycles. The molecule has 1 aliphatic heterocycles. The Morgan fingerprint density at radius 1 is 1.20 bits per heavy atom. The number of aryl methyl sites for hydroxylation is 3. The van der Waals surface area contributed by atoms with Gasteiger partial charge in [-0.1, -0.05) is 18.7 Å². The van der Waals surface area contributed by atoms with Crippen LogP contribution in [0.5, 0.6) is 0 Å². The Labute approximate surface area is 178 Å². The fourth-order valence-corrected chi connectivity index (χ4v) is 4.78. The second-order valence-electron chi connectivity index (χ2n) is 7.96. The van der Waals surface area contributed by atoms with Crippen LogP contribution in [0.25, 0.3) is 11.2 Å². The molecule has 160 valence electrons. The number of imidazole rings is 1. The lowest BCUT2D eigenvalue weighted by Gasteiger charge is -2.32. The summed E-state index contributed by atoms with van der Waals surface area (Å²) >= 11 is 1.55. The molecule has 0 unspecified atom stereocenters. The average Bonchev–Trinajstić information content (AvgIpc) is 3.10. The summed E-state index contributed by atoms with van der Waals surface area (Å²) in [6, 6.07) is 1.87. The molecule has 1 atom stereocenters. The lowest BCUT2D eigenvalue weighted by Crippen LogP contribution is -2.38. The zero-order chi connectivity index (χ0) is 21.4. The van der Waals surface area contributed by atoms with Gasteiger partial charge in [-0.15, -0.1) is 0 Å². The van der Waals surface area contributed by atoms with Crippen LogP contribution in [0.3, 0.4) is 0 Å². The Morgan fingerprint density at radius 2 is 2.00 bits per heavy atom. The van der Waals surface area contributed by atoms with Gasteiger partial charge in [0.1, 0.15) is 0 Å². The number of aromatic nitrogens is 6. The number of nitrogens with zero attached hydrogens (tertiary/aromatic N) is 7. The summed E-state index contributed by atoms with van der Waals surface area (Å²) in [6.45, 7) is 6.54. The molecular weight excluding hydrogens is 402 g/mol. The van der Waals surface area contributed by atoms with Crippen molar-refractivity contribution >= 4 is 28.9 Å². The first-order valence-electron chi connectivity index (χ1n) is 10.2. The molecule has 0 aromatic carbocycles. The molecule has 1 saturated heterocycles. The third-order valence-electron chi connectivity index (χ3n) is 5.59. The fraction of sp³-hybridized carbons (Fsp3) is 0.550. The van der Waals surface area contributed by atoms with Gasteiger partial charge >= 0.3 is 5.69 Å². The van der Waals surface area contributed by atoms with Crippen LogP contribution in [0.4, 0.5) is 5.95 Å². The molecule has 0 radical (unpaired) electrons. The molecule has 3 aromatic heterocycles. The van der Waals surface area contributed by atoms with Crippen LogP contribution in [0.15, 0.2) is 27.0 Å². The van der Waals surface area contributed by atoms with E-state index in [1.165, 1.54) is 18.0 Å². The molecule has 0 N–H and O–H groups in total. The Hall–Kier alpha value is -2.62. The highest BCUT2D eigenvalue weighted by molar-refractivity contribution is 7.99. The third kappa shape index (κ3) is 3.76. The number of hydrogen-bond acceptors (Lipinski definition) is 7. The molecule has 0 amide bonds. The number of fused-ring (bicyclic) bond motifs is 1. The Morgan fingerprint density at radius 3 is 2.73 bits per heavy atom. The van der Waals surface area contributed by atoms with Gasteiger partial charge in [-0.25, -0.2) is 14.8 Å². The van der Waals surface area contributed by atoms with Gasteiger partial charge in [0.25, 0.3) is 5.56 Å². The van der Waals surface area contributed by atoms with Gasteiger partial charge in [-0.05, 0) is 31.7 Å². The summed E-state index contributed by atoms with van der Waals surface area (Å²) in [7, 11) is 3.18. The number of piperidine rings is 1. The normalized spacial score (nSPS) is 17.1. The zero-order valence-corrected chi connectivity index (χ0v) is 18.6. The van der Waals surface area contributed by atoms with E-state index in [-0.39, 0.29) is 11.2 Å². The molecule has 3 aromatic rings. The SMILES string of the molecule is Cc1ccnc(SCCn2c(N3CCC[C@H](C)C3)nc3c2c(=O)n(C)c(=O)n3C)n1. The van der Waals surface area contributed by atoms with Crippen molar-refractivity contribution in [3.8, 4) is 0 Å². The smallest absolute Gasteiger partial charge is 0.332 e. The van der Waals surface area contributed by atoms with E-state index in [9.17, 15) is 9.59 Å². The Balaban J connectivity index is 1.75. The molecule has 9 nitrogen and oxygen atoms in total. The monoisotopic (exact) mass is 429 g/mol. The molecule has 4 rings (SSSR count). The summed E-state index contributed by atoms with van der Waals surface area (Å²) < 4.78 is 4.58. The van der Waals surface area contributed by atoms with Gasteiger partial charge in [-0.3, -0.25) is 13.9 Å². The molecule has 1 fully saturated rings. The van der Waals surface area contributed by atoms with E-state index >= 15 is 0 Å². The second-order valence-corrected chi connectivity index (χ2v) is 9.03. The fourth-order valence-electron chi connectivity index (χ4n) is 3.98. The van der Waals surface area contributed by atoms with Crippen LogP contribution >= 0.6 is 11.8 Å². The maximum atomic E-state index is 13.0. The molecule has 30 heavy (non-hydrogen) atoms. The van der Waals surface area contributed by atoms with Gasteiger partial charge in [0.15, 0.2) is 16.3 Å². The third-order valence-corrected chi connectivity index (χ3v) is 6.43. The number of anilines is 1. The van der Waals surface area contributed by atoms with Crippen LogP contribution in [-0.4, -0.2) is 47.5 Å². The summed E-state index contributed by atoms with van der Waals surface area (Å²) in [5.74, 6) is 2.02. The van der Waals surface area contributed by atoms with E-state index < -0.39 is 0 Å². The van der Waals surface area contributed by atoms with Crippen LogP contribution in [-0.2, 0) is 20.6 Å². The topological polar surface area (TPSA) is 90.8 Å². The van der Waals surface area contributed by atoms with E-state index in [0.29, 0.717) is 34.5 Å². The van der Waals surface area contributed by atoms with Crippen molar-refractivity contribution in [1.29, 1.82) is 0 Å². The molecule has 10 heteroatoms. The Bertz CT molecular complexity index is 1200. The van der Waals surface area contributed by atoms with E-state index in [1.54, 1.807) is 25.0 Å². The minimum Gasteiger partial charge on any atom is -0.342 e. The van der Waals surface area contributed by atoms with Crippen molar-refractivity contribution in [3.63, 3.8) is 0 Å². The number of thioether (sulfide) groups is 1. The van der Waals surface area contributed by atoms with E-state index in [1.807, 2.05) is 17.6 Å². The zero-order valence-electron chi connectivity index (χ0n) is 17.8. The molecule has 0 saturated carbocycles. The van der Waals surface area contributed by atoms with Gasteiger partial charge in [0.2, 0.25) is 5.95 Å². The summed E-state index contributed by atoms with van der Waals surface area (Å²) in [6.07, 6.45) is 4.04. The van der Waals surface area contributed by atoms with Crippen molar-refractivity contribution in [2.45, 2.75) is 38.4 Å². The van der Waals surface area contributed by atoms with Gasteiger partial charge in [0, 0.05) is 51.4 Å². The number of rotatable bonds is 5. The minimum absolute atomic E-state index is 0.311. The standard InChI is InChI=1S/C20H27N7O2S/c1-13-6-5-9-26(12-13)19-23-16-15(17(28)25(4)20(29)24(16)3)27(19)10-11-30-18-21-8-7-14(2)22-18/h7-8,13H,5-6,9-12H2,1-4H3/t13-/m0/s1. The molecular formula is C20H27N7O2S. The van der Waals surface area contributed by atoms with Crippen molar-refractivity contribution in [2.75, 3.05) is 23.7 Å². The minimum atomic E-state index is -0.363. The highest BCUT2D eigenvalue weighted by Gasteiger charge is 2.25. The molecule has 0 bridgehead atoms. The Kier molecular flexibility index (Phi) is 5.68. The average molecular weight is 430 g/mol. The lowest BCUT2D eigenvalue weighted by molar-refractivity contribution is 0.438. The van der Waals surface area contributed by atoms with Gasteiger partial charge < -0.3 is 9.47 Å². The van der Waals surface area contributed by atoms with E-state index in [2.05, 4.69) is 21.8 Å². The largest absolute Gasteiger partial charge is 0.342 e. The lowest BCUT2D eigenvalue weighted by atomic mass is 10.0. The molecule has 0 spiro atoms. The predicted octanol–water partition coefficient (Wildman–Crippen LogP) is 1.56. The van der Waals surface area contributed by atoms with Crippen molar-refractivity contribution in [1.82, 2.24) is 28.7 Å². The molecule has 1 aliphatic rings. The number of hydrogen-bond donors (Lipinski definition) is 0. The first-order valence-corrected chi connectivity index (χ1v) is 11.2. The molecule has 0 aliphatic carbocycles. The van der Waals surface area contributed by atoms with Crippen molar-refractivity contribution < 1.29 is 0 Å².